The highest BCUT2D eigenvalue weighted by Gasteiger charge is 2.47. The largest absolute Gasteiger partial charge is 0.495 e. The van der Waals surface area contributed by atoms with E-state index in [-0.39, 0.29) is 5.82 Å². The summed E-state index contributed by atoms with van der Waals surface area (Å²) in [5, 5.41) is 5.60. The Balaban J connectivity index is 1.90. The Labute approximate surface area is 142 Å². The van der Waals surface area contributed by atoms with Gasteiger partial charge in [-0.25, -0.2) is 4.98 Å². The van der Waals surface area contributed by atoms with Gasteiger partial charge in [0.25, 0.3) is 17.4 Å². The van der Waals surface area contributed by atoms with Gasteiger partial charge in [-0.3, -0.25) is 9.59 Å². The minimum Gasteiger partial charge on any atom is -0.495 e. The number of carbonyl (C=O) groups excluding carboxylic acids is 2. The molecule has 0 bridgehead atoms. The number of carbonyl (C=O) groups is 2. The predicted octanol–water partition coefficient (Wildman–Crippen LogP) is 2.47. The van der Waals surface area contributed by atoms with E-state index in [1.54, 1.807) is 24.3 Å². The number of halogens is 1. The molecule has 0 saturated carbocycles. The third-order valence-electron chi connectivity index (χ3n) is 3.59. The summed E-state index contributed by atoms with van der Waals surface area (Å²) < 4.78 is 10.8. The molecule has 1 aliphatic heterocycles. The molecule has 0 saturated heterocycles. The fraction of sp³-hybridized carbons (Fsp3) is 0.188. The summed E-state index contributed by atoms with van der Waals surface area (Å²) in [5.74, 6) is -0.280. The zero-order chi connectivity index (χ0) is 17.3. The number of hydrogen-bond acceptors (Lipinski definition) is 5. The summed E-state index contributed by atoms with van der Waals surface area (Å²) in [6.45, 7) is 1.38. The molecular weight excluding hydrogens is 334 g/mol. The normalized spacial score (nSPS) is 18.9. The fourth-order valence-corrected chi connectivity index (χ4v) is 2.40. The maximum absolute atomic E-state index is 12.7. The monoisotopic (exact) mass is 347 g/mol. The molecule has 0 spiro atoms. The van der Waals surface area contributed by atoms with Crippen LogP contribution in [0, 0.1) is 0 Å². The molecule has 2 heterocycles. The average molecular weight is 348 g/mol. The van der Waals surface area contributed by atoms with Crippen LogP contribution in [0.25, 0.3) is 0 Å². The van der Waals surface area contributed by atoms with Crippen molar-refractivity contribution in [3.05, 3.63) is 41.6 Å². The van der Waals surface area contributed by atoms with Gasteiger partial charge in [-0.15, -0.1) is 0 Å². The number of amides is 2. The molecule has 2 amide bonds. The van der Waals surface area contributed by atoms with Gasteiger partial charge in [0.15, 0.2) is 11.6 Å². The number of fused-ring (bicyclic) bond motifs is 1. The molecule has 124 valence electrons. The van der Waals surface area contributed by atoms with E-state index in [1.165, 1.54) is 26.3 Å². The van der Waals surface area contributed by atoms with Gasteiger partial charge in [0.05, 0.1) is 12.8 Å². The number of hydrogen-bond donors (Lipinski definition) is 2. The first-order chi connectivity index (χ1) is 11.4. The maximum Gasteiger partial charge on any atom is 0.279 e. The van der Waals surface area contributed by atoms with Crippen molar-refractivity contribution in [2.75, 3.05) is 17.7 Å². The predicted molar refractivity (Wildman–Crippen MR) is 88.5 cm³/mol. The SMILES string of the molecule is COc1ccc(Cl)cc1NC(=O)C1(C)Oc2cccnc2NC1=O. The highest BCUT2D eigenvalue weighted by Crippen LogP contribution is 2.33. The van der Waals surface area contributed by atoms with Gasteiger partial charge in [-0.1, -0.05) is 11.6 Å². The van der Waals surface area contributed by atoms with Gasteiger partial charge >= 0.3 is 0 Å². The molecule has 1 aromatic carbocycles. The van der Waals surface area contributed by atoms with E-state index in [4.69, 9.17) is 21.1 Å². The van der Waals surface area contributed by atoms with E-state index in [0.717, 1.165) is 0 Å². The summed E-state index contributed by atoms with van der Waals surface area (Å²) in [4.78, 5) is 29.0. The van der Waals surface area contributed by atoms with Crippen LogP contribution in [-0.2, 0) is 9.59 Å². The van der Waals surface area contributed by atoms with Crippen LogP contribution in [-0.4, -0.2) is 29.5 Å². The molecule has 2 aromatic rings. The summed E-state index contributed by atoms with van der Waals surface area (Å²) in [7, 11) is 1.46. The zero-order valence-electron chi connectivity index (χ0n) is 12.9. The van der Waals surface area contributed by atoms with Crippen LogP contribution < -0.4 is 20.1 Å². The number of benzene rings is 1. The molecule has 1 unspecified atom stereocenters. The second kappa shape index (κ2) is 6.01. The fourth-order valence-electron chi connectivity index (χ4n) is 2.23. The van der Waals surface area contributed by atoms with Crippen molar-refractivity contribution in [3.8, 4) is 11.5 Å². The second-order valence-electron chi connectivity index (χ2n) is 5.24. The van der Waals surface area contributed by atoms with Crippen molar-refractivity contribution >= 4 is 34.9 Å². The molecule has 0 fully saturated rings. The maximum atomic E-state index is 12.7. The molecule has 3 rings (SSSR count). The molecule has 1 atom stereocenters. The highest BCUT2D eigenvalue weighted by molar-refractivity contribution is 6.31. The molecule has 0 radical (unpaired) electrons. The third kappa shape index (κ3) is 2.74. The Morgan fingerprint density at radius 2 is 2.21 bits per heavy atom. The summed E-state index contributed by atoms with van der Waals surface area (Å²) in [6, 6.07) is 8.03. The highest BCUT2D eigenvalue weighted by atomic mass is 35.5. The third-order valence-corrected chi connectivity index (χ3v) is 3.83. The van der Waals surface area contributed by atoms with E-state index in [0.29, 0.717) is 22.2 Å². The van der Waals surface area contributed by atoms with Gasteiger partial charge in [-0.05, 0) is 37.3 Å². The van der Waals surface area contributed by atoms with Crippen LogP contribution in [0.2, 0.25) is 5.02 Å². The summed E-state index contributed by atoms with van der Waals surface area (Å²) in [6.07, 6.45) is 1.52. The Morgan fingerprint density at radius 3 is 2.96 bits per heavy atom. The van der Waals surface area contributed by atoms with E-state index < -0.39 is 17.4 Å². The number of pyridine rings is 1. The van der Waals surface area contributed by atoms with Crippen LogP contribution in [0.1, 0.15) is 6.92 Å². The van der Waals surface area contributed by atoms with Gasteiger partial charge in [0, 0.05) is 11.2 Å². The number of aromatic nitrogens is 1. The van der Waals surface area contributed by atoms with E-state index in [9.17, 15) is 9.59 Å². The molecule has 1 aliphatic rings. The lowest BCUT2D eigenvalue weighted by molar-refractivity contribution is -0.143. The van der Waals surface area contributed by atoms with Crippen LogP contribution in [0.3, 0.4) is 0 Å². The standard InChI is InChI=1S/C16H14ClN3O4/c1-16(15(22)20-13-12(24-16)4-3-7-18-13)14(21)19-10-8-9(17)5-6-11(10)23-2/h3-8H,1-2H3,(H,19,21)(H,18,20,22). The number of ether oxygens (including phenoxy) is 2. The first-order valence-corrected chi connectivity index (χ1v) is 7.42. The van der Waals surface area contributed by atoms with Gasteiger partial charge in [0.1, 0.15) is 5.75 Å². The topological polar surface area (TPSA) is 89.6 Å². The summed E-state index contributed by atoms with van der Waals surface area (Å²) >= 11 is 5.95. The van der Waals surface area contributed by atoms with Gasteiger partial charge < -0.3 is 20.1 Å². The molecule has 8 heteroatoms. The lowest BCUT2D eigenvalue weighted by atomic mass is 10.0. The van der Waals surface area contributed by atoms with Crippen LogP contribution in [0.4, 0.5) is 11.5 Å². The van der Waals surface area contributed by atoms with Gasteiger partial charge in [0.2, 0.25) is 0 Å². The molecule has 7 nitrogen and oxygen atoms in total. The molecule has 0 aliphatic carbocycles. The first kappa shape index (κ1) is 16.1. The summed E-state index contributed by atoms with van der Waals surface area (Å²) in [5.41, 5.74) is -1.42. The number of rotatable bonds is 3. The smallest absolute Gasteiger partial charge is 0.279 e. The van der Waals surface area contributed by atoms with E-state index in [2.05, 4.69) is 15.6 Å². The van der Waals surface area contributed by atoms with E-state index >= 15 is 0 Å². The minimum atomic E-state index is -1.76. The van der Waals surface area contributed by atoms with E-state index in [1.807, 2.05) is 0 Å². The Kier molecular flexibility index (Phi) is 4.02. The number of nitrogens with one attached hydrogen (secondary N) is 2. The lowest BCUT2D eigenvalue weighted by Crippen LogP contribution is -2.56. The number of anilines is 2. The van der Waals surface area contributed by atoms with Crippen molar-refractivity contribution in [1.29, 1.82) is 0 Å². The molecular formula is C16H14ClN3O4. The zero-order valence-corrected chi connectivity index (χ0v) is 13.7. The first-order valence-electron chi connectivity index (χ1n) is 7.04. The molecule has 1 aromatic heterocycles. The van der Waals surface area contributed by atoms with Crippen molar-refractivity contribution in [1.82, 2.24) is 4.98 Å². The number of nitrogens with zero attached hydrogens (tertiary/aromatic N) is 1. The Hall–Kier alpha value is -2.80. The van der Waals surface area contributed by atoms with Crippen LogP contribution >= 0.6 is 11.6 Å². The molecule has 2 N–H and O–H groups in total. The van der Waals surface area contributed by atoms with Crippen molar-refractivity contribution in [3.63, 3.8) is 0 Å². The minimum absolute atomic E-state index is 0.271. The van der Waals surface area contributed by atoms with Crippen LogP contribution in [0.15, 0.2) is 36.5 Å². The lowest BCUT2D eigenvalue weighted by Gasteiger charge is -2.32. The second-order valence-corrected chi connectivity index (χ2v) is 5.67. The van der Waals surface area contributed by atoms with Gasteiger partial charge in [-0.2, -0.15) is 0 Å². The number of methoxy groups -OCH3 is 1. The van der Waals surface area contributed by atoms with Crippen molar-refractivity contribution < 1.29 is 19.1 Å². The van der Waals surface area contributed by atoms with Crippen LogP contribution in [0.5, 0.6) is 11.5 Å². The van der Waals surface area contributed by atoms with Crippen molar-refractivity contribution in [2.45, 2.75) is 12.5 Å². The average Bonchev–Trinajstić information content (AvgIpc) is 2.56. The quantitative estimate of drug-likeness (QED) is 0.832. The Morgan fingerprint density at radius 1 is 1.42 bits per heavy atom. The van der Waals surface area contributed by atoms with Crippen molar-refractivity contribution in [2.24, 2.45) is 0 Å². The Bertz CT molecular complexity index is 827. The molecule has 24 heavy (non-hydrogen) atoms.